The van der Waals surface area contributed by atoms with Crippen molar-refractivity contribution in [2.45, 2.75) is 43.8 Å². The number of amides is 1. The topological polar surface area (TPSA) is 91.1 Å². The molecule has 0 heterocycles. The number of rotatable bonds is 4. The van der Waals surface area contributed by atoms with E-state index in [2.05, 4.69) is 59.2 Å². The second-order valence-electron chi connectivity index (χ2n) is 5.63. The van der Waals surface area contributed by atoms with Crippen LogP contribution in [0.3, 0.4) is 0 Å². The zero-order chi connectivity index (χ0) is 18.7. The van der Waals surface area contributed by atoms with Gasteiger partial charge in [0.15, 0.2) is 0 Å². The summed E-state index contributed by atoms with van der Waals surface area (Å²) in [7, 11) is 1.44. The molecule has 0 saturated carbocycles. The number of carbonyl (C=O) groups excluding carboxylic acids is 1. The van der Waals surface area contributed by atoms with Crippen molar-refractivity contribution in [2.24, 2.45) is 10.2 Å². The van der Waals surface area contributed by atoms with Crippen LogP contribution < -0.4 is 5.32 Å². The van der Waals surface area contributed by atoms with Gasteiger partial charge in [0.1, 0.15) is 0 Å². The van der Waals surface area contributed by atoms with Gasteiger partial charge in [0, 0.05) is 13.8 Å². The number of hydrogen-bond donors (Lipinski definition) is 3. The SMILES string of the molecule is C=N/N=C1/CCCCC2=C1C=CC=CC2.CNC(=O)C(S)CC(=O)O. The molecule has 2 rings (SSSR count). The summed E-state index contributed by atoms with van der Waals surface area (Å²) < 4.78 is 0. The second-order valence-corrected chi connectivity index (χ2v) is 6.26. The summed E-state index contributed by atoms with van der Waals surface area (Å²) in [4.78, 5) is 20.6. The van der Waals surface area contributed by atoms with E-state index in [9.17, 15) is 9.59 Å². The van der Waals surface area contributed by atoms with Gasteiger partial charge in [-0.25, -0.2) is 0 Å². The first-order valence-electron chi connectivity index (χ1n) is 8.19. The number of thiol groups is 1. The summed E-state index contributed by atoms with van der Waals surface area (Å²) in [6.07, 6.45) is 14.1. The van der Waals surface area contributed by atoms with Crippen LogP contribution in [0, 0.1) is 0 Å². The minimum absolute atomic E-state index is 0.247. The monoisotopic (exact) mass is 363 g/mol. The van der Waals surface area contributed by atoms with Crippen molar-refractivity contribution in [1.29, 1.82) is 0 Å². The van der Waals surface area contributed by atoms with Crippen molar-refractivity contribution in [2.75, 3.05) is 7.05 Å². The maximum absolute atomic E-state index is 10.6. The van der Waals surface area contributed by atoms with Crippen LogP contribution in [0.2, 0.25) is 0 Å². The lowest BCUT2D eigenvalue weighted by Crippen LogP contribution is -2.29. The van der Waals surface area contributed by atoms with Crippen LogP contribution in [0.15, 0.2) is 45.7 Å². The van der Waals surface area contributed by atoms with Crippen molar-refractivity contribution in [3.8, 4) is 0 Å². The summed E-state index contributed by atoms with van der Waals surface area (Å²) in [6, 6.07) is 0. The zero-order valence-corrected chi connectivity index (χ0v) is 15.3. The average molecular weight is 363 g/mol. The molecule has 0 radical (unpaired) electrons. The highest BCUT2D eigenvalue weighted by Gasteiger charge is 2.16. The van der Waals surface area contributed by atoms with Crippen LogP contribution in [0.25, 0.3) is 0 Å². The third kappa shape index (κ3) is 7.51. The highest BCUT2D eigenvalue weighted by molar-refractivity contribution is 7.81. The molecular weight excluding hydrogens is 338 g/mol. The van der Waals surface area contributed by atoms with E-state index in [0.717, 1.165) is 18.6 Å². The molecule has 25 heavy (non-hydrogen) atoms. The standard InChI is InChI=1S/C13H16N2.C5H9NO3S/c1-14-15-13-10-6-5-8-11-7-3-2-4-9-12(11)13;1-6-5(9)3(10)2-4(7)8/h2-4,9H,1,5-8,10H2;3,10H,2H2,1H3,(H,6,9)(H,7,8)/b15-13-;. The molecule has 0 aromatic rings. The van der Waals surface area contributed by atoms with Crippen LogP contribution >= 0.6 is 12.6 Å². The molecule has 0 fully saturated rings. The van der Waals surface area contributed by atoms with Gasteiger partial charge in [0.25, 0.3) is 0 Å². The smallest absolute Gasteiger partial charge is 0.304 e. The van der Waals surface area contributed by atoms with E-state index in [1.54, 1.807) is 0 Å². The summed E-state index contributed by atoms with van der Waals surface area (Å²) in [5.41, 5.74) is 3.90. The molecule has 0 bridgehead atoms. The van der Waals surface area contributed by atoms with Crippen LogP contribution in [0.1, 0.15) is 38.5 Å². The Kier molecular flexibility index (Phi) is 9.54. The molecular formula is C18H25N3O3S. The van der Waals surface area contributed by atoms with Gasteiger partial charge in [-0.3, -0.25) is 9.59 Å². The third-order valence-corrected chi connectivity index (χ3v) is 4.23. The molecule has 2 aliphatic carbocycles. The Hall–Kier alpha value is -2.15. The molecule has 1 atom stereocenters. The molecule has 7 heteroatoms. The molecule has 0 saturated heterocycles. The number of allylic oxidation sites excluding steroid dienone is 6. The number of hydrogen-bond acceptors (Lipinski definition) is 5. The van der Waals surface area contributed by atoms with E-state index in [1.165, 1.54) is 37.5 Å². The molecule has 1 amide bonds. The molecule has 0 aromatic carbocycles. The minimum atomic E-state index is -1.02. The van der Waals surface area contributed by atoms with Gasteiger partial charge in [0.05, 0.1) is 17.4 Å². The van der Waals surface area contributed by atoms with Crippen molar-refractivity contribution in [1.82, 2.24) is 5.32 Å². The highest BCUT2D eigenvalue weighted by Crippen LogP contribution is 2.27. The Morgan fingerprint density at radius 2 is 2.08 bits per heavy atom. The first-order chi connectivity index (χ1) is 12.0. The zero-order valence-electron chi connectivity index (χ0n) is 14.4. The highest BCUT2D eigenvalue weighted by atomic mass is 32.1. The first kappa shape index (κ1) is 20.9. The fraction of sp³-hybridized carbons (Fsp3) is 0.444. The molecule has 2 aliphatic rings. The van der Waals surface area contributed by atoms with E-state index in [1.807, 2.05) is 0 Å². The summed E-state index contributed by atoms with van der Waals surface area (Å²) in [5.74, 6) is -1.39. The Balaban J connectivity index is 0.000000275. The van der Waals surface area contributed by atoms with Crippen LogP contribution in [-0.2, 0) is 9.59 Å². The van der Waals surface area contributed by atoms with Gasteiger partial charge in [-0.05, 0) is 37.7 Å². The Morgan fingerprint density at radius 3 is 2.72 bits per heavy atom. The fourth-order valence-corrected chi connectivity index (χ4v) is 2.87. The van der Waals surface area contributed by atoms with Gasteiger partial charge >= 0.3 is 5.97 Å². The second kappa shape index (κ2) is 11.4. The summed E-state index contributed by atoms with van der Waals surface area (Å²) in [6.45, 7) is 3.45. The Morgan fingerprint density at radius 1 is 1.36 bits per heavy atom. The number of nitrogens with zero attached hydrogens (tertiary/aromatic N) is 2. The van der Waals surface area contributed by atoms with Crippen LogP contribution in [0.5, 0.6) is 0 Å². The van der Waals surface area contributed by atoms with Gasteiger partial charge < -0.3 is 10.4 Å². The quantitative estimate of drug-likeness (QED) is 0.407. The summed E-state index contributed by atoms with van der Waals surface area (Å²) >= 11 is 3.75. The third-order valence-electron chi connectivity index (χ3n) is 3.82. The maximum atomic E-state index is 10.6. The van der Waals surface area contributed by atoms with E-state index in [0.29, 0.717) is 0 Å². The molecule has 0 aromatic heterocycles. The normalized spacial score (nSPS) is 19.0. The Labute approximate surface area is 153 Å². The lowest BCUT2D eigenvalue weighted by atomic mass is 10.00. The summed E-state index contributed by atoms with van der Waals surface area (Å²) in [5, 5.41) is 17.6. The average Bonchev–Trinajstić information content (AvgIpc) is 2.91. The number of nitrogens with one attached hydrogen (secondary N) is 1. The molecule has 0 spiro atoms. The van der Waals surface area contributed by atoms with E-state index < -0.39 is 11.2 Å². The predicted octanol–water partition coefficient (Wildman–Crippen LogP) is 2.94. The number of aliphatic carboxylic acids is 1. The van der Waals surface area contributed by atoms with E-state index in [4.69, 9.17) is 5.11 Å². The molecule has 136 valence electrons. The lowest BCUT2D eigenvalue weighted by Gasteiger charge is -2.06. The lowest BCUT2D eigenvalue weighted by molar-refractivity contribution is -0.138. The van der Waals surface area contributed by atoms with E-state index >= 15 is 0 Å². The van der Waals surface area contributed by atoms with Crippen LogP contribution in [-0.4, -0.2) is 41.7 Å². The largest absolute Gasteiger partial charge is 0.481 e. The first-order valence-corrected chi connectivity index (χ1v) is 8.70. The maximum Gasteiger partial charge on any atom is 0.304 e. The van der Waals surface area contributed by atoms with Gasteiger partial charge in [-0.1, -0.05) is 29.9 Å². The molecule has 1 unspecified atom stereocenters. The molecule has 6 nitrogen and oxygen atoms in total. The minimum Gasteiger partial charge on any atom is -0.481 e. The van der Waals surface area contributed by atoms with Crippen molar-refractivity contribution >= 4 is 36.9 Å². The predicted molar refractivity (Wildman–Crippen MR) is 104 cm³/mol. The Bertz CT molecular complexity index is 621. The molecule has 0 aliphatic heterocycles. The van der Waals surface area contributed by atoms with Gasteiger partial charge in [-0.2, -0.15) is 22.8 Å². The van der Waals surface area contributed by atoms with Gasteiger partial charge in [-0.15, -0.1) is 0 Å². The fourth-order valence-electron chi connectivity index (χ4n) is 2.58. The number of carboxylic acids is 1. The van der Waals surface area contributed by atoms with Gasteiger partial charge in [0.2, 0.25) is 5.91 Å². The van der Waals surface area contributed by atoms with Crippen LogP contribution in [0.4, 0.5) is 0 Å². The number of carboxylic acid groups (broad SMARTS) is 1. The van der Waals surface area contributed by atoms with Crippen molar-refractivity contribution < 1.29 is 14.7 Å². The van der Waals surface area contributed by atoms with Crippen molar-refractivity contribution in [3.63, 3.8) is 0 Å². The molecule has 2 N–H and O–H groups in total. The van der Waals surface area contributed by atoms with Crippen molar-refractivity contribution in [3.05, 3.63) is 35.5 Å². The number of carbonyl (C=O) groups is 2. The van der Waals surface area contributed by atoms with E-state index in [-0.39, 0.29) is 12.3 Å².